The number of carbonyl (C=O) groups is 2. The van der Waals surface area contributed by atoms with Crippen molar-refractivity contribution in [3.63, 3.8) is 0 Å². The molecule has 3 rings (SSSR count). The van der Waals surface area contributed by atoms with Gasteiger partial charge in [0, 0.05) is 7.05 Å². The average Bonchev–Trinajstić information content (AvgIpc) is 3.02. The molecular weight excluding hydrogens is 416 g/mol. The number of aliphatic imine (C=N–C) groups is 1. The second-order valence-electron chi connectivity index (χ2n) is 6.83. The number of likely N-dealkylation sites (N-methyl/N-ethyl adjacent to an activating group) is 1. The summed E-state index contributed by atoms with van der Waals surface area (Å²) in [6, 6.07) is 11.7. The van der Waals surface area contributed by atoms with E-state index in [1.54, 1.807) is 32.4 Å². The van der Waals surface area contributed by atoms with Crippen LogP contribution in [0.3, 0.4) is 0 Å². The predicted molar refractivity (Wildman–Crippen MR) is 122 cm³/mol. The number of hydrogen-bond acceptors (Lipinski definition) is 6. The number of benzene rings is 2. The highest BCUT2D eigenvalue weighted by atomic mass is 32.2. The maximum Gasteiger partial charge on any atom is 0.335 e. The Labute approximate surface area is 185 Å². The number of carboxylic acids is 1. The van der Waals surface area contributed by atoms with Crippen molar-refractivity contribution in [2.45, 2.75) is 19.8 Å². The molecule has 0 saturated carbocycles. The Morgan fingerprint density at radius 2 is 1.94 bits per heavy atom. The topological polar surface area (TPSA) is 88.4 Å². The zero-order valence-electron chi connectivity index (χ0n) is 17.6. The van der Waals surface area contributed by atoms with Crippen LogP contribution < -0.4 is 9.47 Å². The first-order valence-corrected chi connectivity index (χ1v) is 10.6. The van der Waals surface area contributed by atoms with Crippen LogP contribution in [0, 0.1) is 0 Å². The van der Waals surface area contributed by atoms with E-state index in [1.807, 2.05) is 18.2 Å². The van der Waals surface area contributed by atoms with Gasteiger partial charge in [-0.25, -0.2) is 9.79 Å². The van der Waals surface area contributed by atoms with Crippen LogP contribution in [0.4, 0.5) is 5.69 Å². The van der Waals surface area contributed by atoms with Gasteiger partial charge in [-0.05, 0) is 66.2 Å². The number of hydrogen-bond donors (Lipinski definition) is 1. The van der Waals surface area contributed by atoms with Gasteiger partial charge in [0.2, 0.25) is 0 Å². The Bertz CT molecular complexity index is 1030. The first kappa shape index (κ1) is 22.4. The Kier molecular flexibility index (Phi) is 7.36. The van der Waals surface area contributed by atoms with Crippen molar-refractivity contribution in [1.29, 1.82) is 0 Å². The summed E-state index contributed by atoms with van der Waals surface area (Å²) in [7, 11) is 3.24. The second-order valence-corrected chi connectivity index (χ2v) is 7.84. The van der Waals surface area contributed by atoms with Crippen LogP contribution in [0.15, 0.2) is 52.4 Å². The van der Waals surface area contributed by atoms with Crippen molar-refractivity contribution in [2.75, 3.05) is 20.8 Å². The Morgan fingerprint density at radius 1 is 1.19 bits per heavy atom. The number of carbonyl (C=O) groups excluding carboxylic acids is 1. The largest absolute Gasteiger partial charge is 0.493 e. The van der Waals surface area contributed by atoms with E-state index < -0.39 is 5.97 Å². The SMILES string of the molecule is CCCCOc1ccc(/C=C2/SC(=Nc3ccc(C(=O)O)cc3)N(C)C2=O)cc1OC. The summed E-state index contributed by atoms with van der Waals surface area (Å²) in [6.07, 6.45) is 3.80. The molecule has 1 fully saturated rings. The normalized spacial score (nSPS) is 16.2. The van der Waals surface area contributed by atoms with Crippen LogP contribution in [-0.2, 0) is 4.79 Å². The van der Waals surface area contributed by atoms with Gasteiger partial charge in [0.05, 0.1) is 29.9 Å². The molecule has 8 heteroatoms. The zero-order valence-corrected chi connectivity index (χ0v) is 18.4. The number of aromatic carboxylic acids is 1. The van der Waals surface area contributed by atoms with Gasteiger partial charge >= 0.3 is 5.97 Å². The molecule has 7 nitrogen and oxygen atoms in total. The minimum atomic E-state index is -0.996. The lowest BCUT2D eigenvalue weighted by Crippen LogP contribution is -2.23. The number of ether oxygens (including phenoxy) is 2. The van der Waals surface area contributed by atoms with Gasteiger partial charge in [-0.1, -0.05) is 19.4 Å². The molecule has 0 aromatic heterocycles. The highest BCUT2D eigenvalue weighted by Gasteiger charge is 2.30. The van der Waals surface area contributed by atoms with E-state index in [9.17, 15) is 9.59 Å². The van der Waals surface area contributed by atoms with E-state index in [-0.39, 0.29) is 11.5 Å². The van der Waals surface area contributed by atoms with E-state index in [1.165, 1.54) is 28.8 Å². The van der Waals surface area contributed by atoms with Crippen LogP contribution in [0.25, 0.3) is 6.08 Å². The number of amidine groups is 1. The summed E-state index contributed by atoms with van der Waals surface area (Å²) in [5.74, 6) is 0.131. The van der Waals surface area contributed by atoms with Crippen LogP contribution >= 0.6 is 11.8 Å². The minimum absolute atomic E-state index is 0.159. The molecule has 1 aliphatic heterocycles. The molecule has 0 radical (unpaired) electrons. The van der Waals surface area contributed by atoms with Crippen LogP contribution in [0.1, 0.15) is 35.7 Å². The summed E-state index contributed by atoms with van der Waals surface area (Å²) >= 11 is 1.26. The fourth-order valence-electron chi connectivity index (χ4n) is 2.81. The van der Waals surface area contributed by atoms with Gasteiger partial charge in [-0.15, -0.1) is 0 Å². The molecule has 0 atom stereocenters. The standard InChI is InChI=1S/C23H24N2O5S/c1-4-5-12-30-18-11-6-15(13-19(18)29-3)14-20-21(26)25(2)23(31-20)24-17-9-7-16(8-10-17)22(27)28/h6-11,13-14H,4-5,12H2,1-3H3,(H,27,28)/b20-14+,24-23?. The molecular formula is C23H24N2O5S. The molecule has 0 bridgehead atoms. The number of carboxylic acid groups (broad SMARTS) is 1. The molecule has 1 heterocycles. The summed E-state index contributed by atoms with van der Waals surface area (Å²) in [5, 5.41) is 9.52. The molecule has 162 valence electrons. The Morgan fingerprint density at radius 3 is 2.58 bits per heavy atom. The van der Waals surface area contributed by atoms with Gasteiger partial charge in [0.25, 0.3) is 5.91 Å². The summed E-state index contributed by atoms with van der Waals surface area (Å²) in [4.78, 5) is 30.1. The number of unbranched alkanes of at least 4 members (excludes halogenated alkanes) is 1. The van der Waals surface area contributed by atoms with Gasteiger partial charge < -0.3 is 14.6 Å². The third-order valence-corrected chi connectivity index (χ3v) is 5.64. The molecule has 0 unspecified atom stereocenters. The number of nitrogens with zero attached hydrogens (tertiary/aromatic N) is 2. The smallest absolute Gasteiger partial charge is 0.335 e. The number of rotatable bonds is 8. The first-order chi connectivity index (χ1) is 14.9. The van der Waals surface area contributed by atoms with E-state index in [0.29, 0.717) is 33.9 Å². The summed E-state index contributed by atoms with van der Waals surface area (Å²) in [5.41, 5.74) is 1.57. The summed E-state index contributed by atoms with van der Waals surface area (Å²) in [6.45, 7) is 2.73. The molecule has 2 aromatic rings. The fourth-order valence-corrected chi connectivity index (χ4v) is 3.80. The van der Waals surface area contributed by atoms with Crippen LogP contribution in [-0.4, -0.2) is 47.8 Å². The third-order valence-electron chi connectivity index (χ3n) is 4.58. The highest BCUT2D eigenvalue weighted by molar-refractivity contribution is 8.18. The molecule has 0 aliphatic carbocycles. The summed E-state index contributed by atoms with van der Waals surface area (Å²) < 4.78 is 11.2. The maximum absolute atomic E-state index is 12.7. The van der Waals surface area contributed by atoms with Crippen LogP contribution in [0.5, 0.6) is 11.5 Å². The lowest BCUT2D eigenvalue weighted by atomic mass is 10.2. The Balaban J connectivity index is 1.80. The zero-order chi connectivity index (χ0) is 22.4. The lowest BCUT2D eigenvalue weighted by Gasteiger charge is -2.11. The van der Waals surface area contributed by atoms with Gasteiger partial charge in [-0.2, -0.15) is 0 Å². The van der Waals surface area contributed by atoms with Gasteiger partial charge in [0.1, 0.15) is 0 Å². The van der Waals surface area contributed by atoms with Crippen molar-refractivity contribution >= 4 is 40.6 Å². The van der Waals surface area contributed by atoms with Crippen molar-refractivity contribution in [2.24, 2.45) is 4.99 Å². The maximum atomic E-state index is 12.7. The minimum Gasteiger partial charge on any atom is -0.493 e. The van der Waals surface area contributed by atoms with E-state index in [0.717, 1.165) is 18.4 Å². The number of thioether (sulfide) groups is 1. The molecule has 1 N–H and O–H groups in total. The van der Waals surface area contributed by atoms with E-state index in [2.05, 4.69) is 11.9 Å². The van der Waals surface area contributed by atoms with Crippen molar-refractivity contribution in [1.82, 2.24) is 4.90 Å². The number of methoxy groups -OCH3 is 1. The van der Waals surface area contributed by atoms with Gasteiger partial charge in [0.15, 0.2) is 16.7 Å². The molecule has 0 spiro atoms. The third kappa shape index (κ3) is 5.46. The molecule has 1 aliphatic rings. The number of amides is 1. The first-order valence-electron chi connectivity index (χ1n) is 9.83. The van der Waals surface area contributed by atoms with Crippen molar-refractivity contribution < 1.29 is 24.2 Å². The molecule has 1 saturated heterocycles. The van der Waals surface area contributed by atoms with Gasteiger partial charge in [-0.3, -0.25) is 9.69 Å². The molecule has 2 aromatic carbocycles. The monoisotopic (exact) mass is 440 g/mol. The molecule has 1 amide bonds. The molecule has 31 heavy (non-hydrogen) atoms. The van der Waals surface area contributed by atoms with E-state index >= 15 is 0 Å². The highest BCUT2D eigenvalue weighted by Crippen LogP contribution is 2.35. The van der Waals surface area contributed by atoms with E-state index in [4.69, 9.17) is 14.6 Å². The van der Waals surface area contributed by atoms with Crippen molar-refractivity contribution in [3.8, 4) is 11.5 Å². The average molecular weight is 441 g/mol. The predicted octanol–water partition coefficient (Wildman–Crippen LogP) is 4.81. The fraction of sp³-hybridized carbons (Fsp3) is 0.261. The second kappa shape index (κ2) is 10.2. The van der Waals surface area contributed by atoms with Crippen molar-refractivity contribution in [3.05, 3.63) is 58.5 Å². The quantitative estimate of drug-likeness (QED) is 0.468. The Hall–Kier alpha value is -3.26. The lowest BCUT2D eigenvalue weighted by molar-refractivity contribution is -0.121. The van der Waals surface area contributed by atoms with Crippen LogP contribution in [0.2, 0.25) is 0 Å².